The van der Waals surface area contributed by atoms with Crippen LogP contribution < -0.4 is 5.32 Å². The summed E-state index contributed by atoms with van der Waals surface area (Å²) in [5.74, 6) is -0.579. The summed E-state index contributed by atoms with van der Waals surface area (Å²) in [4.78, 5) is 24.8. The molecule has 1 aliphatic carbocycles. The summed E-state index contributed by atoms with van der Waals surface area (Å²) >= 11 is 0. The van der Waals surface area contributed by atoms with Crippen LogP contribution in [0.2, 0.25) is 0 Å². The van der Waals surface area contributed by atoms with Gasteiger partial charge < -0.3 is 14.6 Å². The monoisotopic (exact) mass is 436 g/mol. The van der Waals surface area contributed by atoms with E-state index in [1.807, 2.05) is 16.7 Å². The number of hydrogen-bond acceptors (Lipinski definition) is 3. The van der Waals surface area contributed by atoms with Crippen molar-refractivity contribution in [3.8, 4) is 0 Å². The van der Waals surface area contributed by atoms with E-state index in [4.69, 9.17) is 4.74 Å². The highest BCUT2D eigenvalue weighted by molar-refractivity contribution is 5.87. The predicted octanol–water partition coefficient (Wildman–Crippen LogP) is 4.26. The van der Waals surface area contributed by atoms with Gasteiger partial charge in [-0.1, -0.05) is 24.3 Å². The van der Waals surface area contributed by atoms with Gasteiger partial charge in [0.05, 0.1) is 6.61 Å². The molecule has 2 aromatic carbocycles. The van der Waals surface area contributed by atoms with Gasteiger partial charge in [-0.3, -0.25) is 9.59 Å². The van der Waals surface area contributed by atoms with Gasteiger partial charge in [0.1, 0.15) is 12.4 Å². The Labute approximate surface area is 187 Å². The number of aryl methyl sites for hydroxylation is 2. The van der Waals surface area contributed by atoms with Crippen LogP contribution in [0.5, 0.6) is 0 Å². The third kappa shape index (κ3) is 4.69. The number of ether oxygens (including phenoxy) is 1. The molecular weight excluding hydrogens is 407 g/mol. The normalized spacial score (nSPS) is 15.4. The van der Waals surface area contributed by atoms with Crippen LogP contribution in [0.15, 0.2) is 42.5 Å². The Hall–Kier alpha value is -3.15. The van der Waals surface area contributed by atoms with Crippen molar-refractivity contribution in [3.63, 3.8) is 0 Å². The largest absolute Gasteiger partial charge is 0.465 e. The molecule has 0 aliphatic heterocycles. The number of aromatic nitrogens is 1. The van der Waals surface area contributed by atoms with Gasteiger partial charge in [0.2, 0.25) is 5.91 Å². The van der Waals surface area contributed by atoms with Crippen LogP contribution in [-0.4, -0.2) is 29.1 Å². The van der Waals surface area contributed by atoms with Crippen LogP contribution >= 0.6 is 0 Å². The van der Waals surface area contributed by atoms with Crippen molar-refractivity contribution in [2.24, 2.45) is 0 Å². The fourth-order valence-corrected chi connectivity index (χ4v) is 4.70. The second-order valence-electron chi connectivity index (χ2n) is 8.41. The third-order valence-corrected chi connectivity index (χ3v) is 6.27. The lowest BCUT2D eigenvalue weighted by atomic mass is 9.91. The first-order chi connectivity index (χ1) is 15.5. The topological polar surface area (TPSA) is 60.3 Å². The van der Waals surface area contributed by atoms with E-state index in [-0.39, 0.29) is 30.3 Å². The molecule has 4 rings (SSSR count). The van der Waals surface area contributed by atoms with E-state index >= 15 is 0 Å². The molecule has 1 atom stereocenters. The molecule has 5 nitrogen and oxygen atoms in total. The quantitative estimate of drug-likeness (QED) is 0.563. The zero-order chi connectivity index (χ0) is 22.7. The summed E-state index contributed by atoms with van der Waals surface area (Å²) in [5.41, 5.74) is 5.25. The molecule has 0 fully saturated rings. The second-order valence-corrected chi connectivity index (χ2v) is 8.41. The van der Waals surface area contributed by atoms with Crippen LogP contribution in [0.3, 0.4) is 0 Å². The van der Waals surface area contributed by atoms with E-state index in [0.717, 1.165) is 28.6 Å². The van der Waals surface area contributed by atoms with Crippen LogP contribution in [0.4, 0.5) is 4.39 Å². The Morgan fingerprint density at radius 2 is 2.03 bits per heavy atom. The van der Waals surface area contributed by atoms with Gasteiger partial charge >= 0.3 is 5.97 Å². The maximum Gasteiger partial charge on any atom is 0.325 e. The fourth-order valence-electron chi connectivity index (χ4n) is 4.70. The van der Waals surface area contributed by atoms with Crippen molar-refractivity contribution in [1.82, 2.24) is 9.88 Å². The summed E-state index contributed by atoms with van der Waals surface area (Å²) in [6.45, 7) is 4.27. The minimum absolute atomic E-state index is 0.00298. The average molecular weight is 437 g/mol. The fraction of sp³-hybridized carbons (Fsp3) is 0.385. The number of nitrogens with one attached hydrogen (secondary N) is 1. The van der Waals surface area contributed by atoms with Crippen LogP contribution in [0.25, 0.3) is 10.9 Å². The first-order valence-electron chi connectivity index (χ1n) is 11.2. The maximum absolute atomic E-state index is 14.0. The summed E-state index contributed by atoms with van der Waals surface area (Å²) in [5, 5.41) is 3.97. The van der Waals surface area contributed by atoms with E-state index < -0.39 is 0 Å². The van der Waals surface area contributed by atoms with Crippen LogP contribution in [0.1, 0.15) is 42.1 Å². The first-order valence-corrected chi connectivity index (χ1v) is 11.2. The van der Waals surface area contributed by atoms with E-state index in [1.54, 1.807) is 13.0 Å². The maximum atomic E-state index is 14.0. The van der Waals surface area contributed by atoms with Gasteiger partial charge in [-0.05, 0) is 74.4 Å². The Balaban J connectivity index is 1.49. The smallest absolute Gasteiger partial charge is 0.325 e. The molecule has 1 N–H and O–H groups in total. The van der Waals surface area contributed by atoms with E-state index in [1.165, 1.54) is 23.3 Å². The molecular formula is C26H29FN2O3. The highest BCUT2D eigenvalue weighted by Gasteiger charge is 2.27. The summed E-state index contributed by atoms with van der Waals surface area (Å²) in [6.07, 6.45) is 3.27. The summed E-state index contributed by atoms with van der Waals surface area (Å²) in [7, 11) is 0. The number of halogens is 1. The van der Waals surface area contributed by atoms with Gasteiger partial charge in [-0.15, -0.1) is 0 Å². The van der Waals surface area contributed by atoms with Crippen molar-refractivity contribution >= 4 is 22.8 Å². The van der Waals surface area contributed by atoms with E-state index in [2.05, 4.69) is 24.4 Å². The van der Waals surface area contributed by atoms with Gasteiger partial charge in [-0.2, -0.15) is 0 Å². The Kier molecular flexibility index (Phi) is 6.58. The molecule has 168 valence electrons. The highest BCUT2D eigenvalue weighted by Crippen LogP contribution is 2.33. The predicted molar refractivity (Wildman–Crippen MR) is 122 cm³/mol. The second kappa shape index (κ2) is 9.55. The first kappa shape index (κ1) is 22.1. The van der Waals surface area contributed by atoms with Crippen molar-refractivity contribution in [2.45, 2.75) is 58.5 Å². The SMILES string of the molecule is CCOC(=O)Cn1c2c(c3cc(F)ccc31)CC(NC(=O)CCc1ccccc1C)CC2. The Morgan fingerprint density at radius 3 is 2.81 bits per heavy atom. The molecule has 3 aromatic rings. The molecule has 1 aliphatic rings. The van der Waals surface area contributed by atoms with Gasteiger partial charge in [-0.25, -0.2) is 4.39 Å². The molecule has 0 saturated heterocycles. The van der Waals surface area contributed by atoms with Gasteiger partial charge in [0, 0.05) is 29.1 Å². The molecule has 0 saturated carbocycles. The number of benzene rings is 2. The van der Waals surface area contributed by atoms with Gasteiger partial charge in [0.25, 0.3) is 0 Å². The van der Waals surface area contributed by atoms with E-state index in [0.29, 0.717) is 32.3 Å². The average Bonchev–Trinajstić information content (AvgIpc) is 3.05. The zero-order valence-electron chi connectivity index (χ0n) is 18.6. The number of esters is 1. The Bertz CT molecular complexity index is 1150. The highest BCUT2D eigenvalue weighted by atomic mass is 19.1. The zero-order valence-corrected chi connectivity index (χ0v) is 18.6. The number of carbonyl (C=O) groups is 2. The summed E-state index contributed by atoms with van der Waals surface area (Å²) < 4.78 is 21.1. The minimum atomic E-state index is -0.307. The molecule has 1 amide bonds. The van der Waals surface area contributed by atoms with Crippen LogP contribution in [-0.2, 0) is 40.1 Å². The number of hydrogen-bond donors (Lipinski definition) is 1. The molecule has 0 bridgehead atoms. The number of amides is 1. The van der Waals surface area contributed by atoms with Crippen molar-refractivity contribution in [1.29, 1.82) is 0 Å². The lowest BCUT2D eigenvalue weighted by Gasteiger charge is -2.25. The number of rotatable bonds is 7. The van der Waals surface area contributed by atoms with Crippen molar-refractivity contribution in [3.05, 3.63) is 70.7 Å². The Morgan fingerprint density at radius 1 is 1.22 bits per heavy atom. The molecule has 0 spiro atoms. The lowest BCUT2D eigenvalue weighted by Crippen LogP contribution is -2.39. The molecule has 1 heterocycles. The standard InChI is InChI=1S/C26H29FN2O3/c1-3-32-26(31)16-29-23-11-9-19(27)14-21(23)22-15-20(10-12-24(22)29)28-25(30)13-8-18-7-5-4-6-17(18)2/h4-7,9,11,14,20H,3,8,10,12-13,15-16H2,1-2H3,(H,28,30). The third-order valence-electron chi connectivity index (χ3n) is 6.27. The molecule has 32 heavy (non-hydrogen) atoms. The van der Waals surface area contributed by atoms with Crippen molar-refractivity contribution < 1.29 is 18.7 Å². The molecule has 6 heteroatoms. The molecule has 0 radical (unpaired) electrons. The van der Waals surface area contributed by atoms with Crippen LogP contribution in [0, 0.1) is 12.7 Å². The number of carbonyl (C=O) groups excluding carboxylic acids is 2. The molecule has 1 unspecified atom stereocenters. The van der Waals surface area contributed by atoms with E-state index in [9.17, 15) is 14.0 Å². The molecule has 1 aromatic heterocycles. The summed E-state index contributed by atoms with van der Waals surface area (Å²) in [6, 6.07) is 12.8. The van der Waals surface area contributed by atoms with Crippen molar-refractivity contribution in [2.75, 3.05) is 6.61 Å². The van der Waals surface area contributed by atoms with Gasteiger partial charge in [0.15, 0.2) is 0 Å². The minimum Gasteiger partial charge on any atom is -0.465 e. The number of fused-ring (bicyclic) bond motifs is 3. The number of nitrogens with zero attached hydrogens (tertiary/aromatic N) is 1. The lowest BCUT2D eigenvalue weighted by molar-refractivity contribution is -0.143.